The lowest BCUT2D eigenvalue weighted by Gasteiger charge is -2.24. The summed E-state index contributed by atoms with van der Waals surface area (Å²) in [7, 11) is -2.06. The molecule has 1 aromatic rings. The van der Waals surface area contributed by atoms with E-state index in [0.29, 0.717) is 12.2 Å². The third kappa shape index (κ3) is 3.00. The van der Waals surface area contributed by atoms with Crippen LogP contribution in [0, 0.1) is 5.82 Å². The molecule has 1 fully saturated rings. The van der Waals surface area contributed by atoms with E-state index in [-0.39, 0.29) is 17.7 Å². The maximum Gasteiger partial charge on any atom is 0.322 e. The van der Waals surface area contributed by atoms with E-state index in [2.05, 4.69) is 10.0 Å². The molecule has 3 rings (SSSR count). The highest BCUT2D eigenvalue weighted by Gasteiger charge is 2.47. The molecule has 2 N–H and O–H groups in total. The van der Waals surface area contributed by atoms with E-state index in [4.69, 9.17) is 0 Å². The van der Waals surface area contributed by atoms with Gasteiger partial charge in [-0.25, -0.2) is 22.3 Å². The van der Waals surface area contributed by atoms with Gasteiger partial charge < -0.3 is 5.32 Å². The van der Waals surface area contributed by atoms with E-state index < -0.39 is 21.9 Å². The summed E-state index contributed by atoms with van der Waals surface area (Å²) in [6.07, 6.45) is 4.04. The number of hydrogen-bond acceptors (Lipinski definition) is 3. The Kier molecular flexibility index (Phi) is 4.52. The smallest absolute Gasteiger partial charge is 0.322 e. The average molecular weight is 355 g/mol. The van der Waals surface area contributed by atoms with E-state index in [0.717, 1.165) is 31.2 Å². The lowest BCUT2D eigenvalue weighted by Crippen LogP contribution is -2.44. The third-order valence-corrected chi connectivity index (χ3v) is 6.42. The number of rotatable bonds is 4. The molecule has 1 aromatic carbocycles. The molecule has 8 heteroatoms. The second kappa shape index (κ2) is 6.33. The molecule has 0 atom stereocenters. The number of carbonyl (C=O) groups is 1. The number of hydrogen-bond donors (Lipinski definition) is 2. The van der Waals surface area contributed by atoms with Gasteiger partial charge in [-0.15, -0.1) is 0 Å². The molecule has 2 aliphatic rings. The zero-order chi connectivity index (χ0) is 17.4. The molecule has 0 bridgehead atoms. The minimum atomic E-state index is -3.39. The fraction of sp³-hybridized carbons (Fsp3) is 0.562. The predicted octanol–water partition coefficient (Wildman–Crippen LogP) is 1.72. The molecular formula is C16H22FN3O3S. The normalized spacial score (nSPS) is 18.8. The van der Waals surface area contributed by atoms with Crippen LogP contribution in [0.15, 0.2) is 18.2 Å². The summed E-state index contributed by atoms with van der Waals surface area (Å²) in [5.41, 5.74) is 1.08. The Morgan fingerprint density at radius 1 is 1.33 bits per heavy atom. The van der Waals surface area contributed by atoms with Crippen molar-refractivity contribution in [3.8, 4) is 0 Å². The van der Waals surface area contributed by atoms with E-state index in [1.54, 1.807) is 6.07 Å². The van der Waals surface area contributed by atoms with Gasteiger partial charge in [0.2, 0.25) is 10.0 Å². The van der Waals surface area contributed by atoms with Gasteiger partial charge in [-0.1, -0.05) is 25.0 Å². The van der Waals surface area contributed by atoms with Crippen LogP contribution in [-0.4, -0.2) is 40.3 Å². The molecule has 1 heterocycles. The van der Waals surface area contributed by atoms with Crippen molar-refractivity contribution in [3.63, 3.8) is 0 Å². The quantitative estimate of drug-likeness (QED) is 0.863. The van der Waals surface area contributed by atoms with Gasteiger partial charge in [0.15, 0.2) is 0 Å². The number of benzene rings is 1. The number of nitrogens with zero attached hydrogens (tertiary/aromatic N) is 1. The molecule has 0 saturated heterocycles. The molecule has 0 aromatic heterocycles. The monoisotopic (exact) mass is 355 g/mol. The number of nitrogens with one attached hydrogen (secondary N) is 2. The number of sulfonamides is 1. The molecular weight excluding hydrogens is 333 g/mol. The van der Waals surface area contributed by atoms with Gasteiger partial charge in [0.05, 0.1) is 11.4 Å². The van der Waals surface area contributed by atoms with Crippen molar-refractivity contribution in [1.29, 1.82) is 0 Å². The third-order valence-electron chi connectivity index (χ3n) is 5.05. The summed E-state index contributed by atoms with van der Waals surface area (Å²) in [4.78, 5) is 13.9. The van der Waals surface area contributed by atoms with E-state index in [9.17, 15) is 17.6 Å². The van der Waals surface area contributed by atoms with E-state index in [1.165, 1.54) is 18.0 Å². The Morgan fingerprint density at radius 2 is 2.04 bits per heavy atom. The molecule has 0 unspecified atom stereocenters. The molecule has 2 amide bonds. The van der Waals surface area contributed by atoms with Crippen LogP contribution in [0.1, 0.15) is 31.2 Å². The predicted molar refractivity (Wildman–Crippen MR) is 90.1 cm³/mol. The van der Waals surface area contributed by atoms with Crippen LogP contribution in [0.3, 0.4) is 0 Å². The van der Waals surface area contributed by atoms with Crippen LogP contribution in [0.5, 0.6) is 0 Å². The van der Waals surface area contributed by atoms with Crippen molar-refractivity contribution in [2.45, 2.75) is 31.1 Å². The summed E-state index contributed by atoms with van der Waals surface area (Å²) in [6.45, 7) is 0.434. The van der Waals surface area contributed by atoms with Gasteiger partial charge in [-0.05, 0) is 31.5 Å². The molecule has 1 saturated carbocycles. The SMILES string of the molecule is CNS(=O)(=O)CCNC(=O)N1CC2(CCCC2)c2cccc(F)c21. The van der Waals surface area contributed by atoms with E-state index >= 15 is 0 Å². The van der Waals surface area contributed by atoms with Gasteiger partial charge in [-0.2, -0.15) is 0 Å². The largest absolute Gasteiger partial charge is 0.337 e. The van der Waals surface area contributed by atoms with Crippen molar-refractivity contribution in [1.82, 2.24) is 10.0 Å². The Hall–Kier alpha value is -1.67. The van der Waals surface area contributed by atoms with Crippen LogP contribution < -0.4 is 14.9 Å². The van der Waals surface area contributed by atoms with Gasteiger partial charge in [0.25, 0.3) is 0 Å². The van der Waals surface area contributed by atoms with Gasteiger partial charge in [0, 0.05) is 18.5 Å². The number of para-hydroxylation sites is 1. The summed E-state index contributed by atoms with van der Waals surface area (Å²) in [5, 5.41) is 2.59. The fourth-order valence-corrected chi connectivity index (χ4v) is 4.40. The van der Waals surface area contributed by atoms with Crippen molar-refractivity contribution < 1.29 is 17.6 Å². The first-order chi connectivity index (χ1) is 11.4. The van der Waals surface area contributed by atoms with Gasteiger partial charge >= 0.3 is 6.03 Å². The summed E-state index contributed by atoms with van der Waals surface area (Å²) in [6, 6.07) is 4.51. The Labute approximate surface area is 141 Å². The zero-order valence-electron chi connectivity index (χ0n) is 13.6. The summed E-state index contributed by atoms with van der Waals surface area (Å²) < 4.78 is 39.4. The lowest BCUT2D eigenvalue weighted by molar-refractivity contribution is 0.245. The molecule has 132 valence electrons. The number of fused-ring (bicyclic) bond motifs is 2. The minimum Gasteiger partial charge on any atom is -0.337 e. The first-order valence-corrected chi connectivity index (χ1v) is 9.79. The zero-order valence-corrected chi connectivity index (χ0v) is 14.5. The first kappa shape index (κ1) is 17.2. The highest BCUT2D eigenvalue weighted by molar-refractivity contribution is 7.89. The Morgan fingerprint density at radius 3 is 2.71 bits per heavy atom. The summed E-state index contributed by atoms with van der Waals surface area (Å²) in [5.74, 6) is -0.618. The van der Waals surface area contributed by atoms with Crippen LogP contribution in [0.2, 0.25) is 0 Å². The Balaban J connectivity index is 1.79. The van der Waals surface area contributed by atoms with Crippen LogP contribution in [0.4, 0.5) is 14.9 Å². The molecule has 6 nitrogen and oxygen atoms in total. The Bertz CT molecular complexity index is 745. The van der Waals surface area contributed by atoms with Crippen molar-refractivity contribution in [2.24, 2.45) is 0 Å². The van der Waals surface area contributed by atoms with Crippen molar-refractivity contribution in [3.05, 3.63) is 29.6 Å². The maximum absolute atomic E-state index is 14.4. The topological polar surface area (TPSA) is 78.5 Å². The van der Waals surface area contributed by atoms with Gasteiger partial charge in [-0.3, -0.25) is 4.90 Å². The average Bonchev–Trinajstić information content (AvgIpc) is 3.15. The van der Waals surface area contributed by atoms with Crippen LogP contribution in [0.25, 0.3) is 0 Å². The maximum atomic E-state index is 14.4. The van der Waals surface area contributed by atoms with Crippen LogP contribution >= 0.6 is 0 Å². The molecule has 1 aliphatic heterocycles. The number of amides is 2. The second-order valence-electron chi connectivity index (χ2n) is 6.46. The lowest BCUT2D eigenvalue weighted by atomic mass is 9.81. The highest BCUT2D eigenvalue weighted by atomic mass is 32.2. The summed E-state index contributed by atoms with van der Waals surface area (Å²) >= 11 is 0. The van der Waals surface area contributed by atoms with Crippen molar-refractivity contribution >= 4 is 21.7 Å². The molecule has 0 radical (unpaired) electrons. The minimum absolute atomic E-state index is 0.0186. The highest BCUT2D eigenvalue weighted by Crippen LogP contribution is 2.51. The molecule has 24 heavy (non-hydrogen) atoms. The number of anilines is 1. The van der Waals surface area contributed by atoms with E-state index in [1.807, 2.05) is 6.07 Å². The number of carbonyl (C=O) groups excluding carboxylic acids is 1. The van der Waals surface area contributed by atoms with Crippen molar-refractivity contribution in [2.75, 3.05) is 30.8 Å². The first-order valence-electron chi connectivity index (χ1n) is 8.14. The fourth-order valence-electron chi connectivity index (χ4n) is 3.83. The standard InChI is InChI=1S/C16H22FN3O3S/c1-18-24(22,23)10-9-19-15(21)20-11-16(7-2-3-8-16)12-5-4-6-13(17)14(12)20/h4-6,18H,2-3,7-11H2,1H3,(H,19,21). The number of urea groups is 1. The second-order valence-corrected chi connectivity index (χ2v) is 8.51. The molecule has 1 spiro atoms. The van der Waals surface area contributed by atoms with Crippen LogP contribution in [-0.2, 0) is 15.4 Å². The van der Waals surface area contributed by atoms with Gasteiger partial charge in [0.1, 0.15) is 5.82 Å². The number of halogens is 1. The molecule has 1 aliphatic carbocycles.